The third kappa shape index (κ3) is 2.40. The van der Waals surface area contributed by atoms with Crippen LogP contribution in [-0.4, -0.2) is 5.60 Å². The van der Waals surface area contributed by atoms with Gasteiger partial charge in [-0.05, 0) is 46.1 Å². The molecule has 2 aromatic heterocycles. The molecule has 4 nitrogen and oxygen atoms in total. The molecule has 0 saturated heterocycles. The molecule has 2 aromatic carbocycles. The van der Waals surface area contributed by atoms with E-state index >= 15 is 0 Å². The molecule has 0 unspecified atom stereocenters. The molecule has 0 fully saturated rings. The van der Waals surface area contributed by atoms with Gasteiger partial charge in [-0.1, -0.05) is 30.3 Å². The number of hydrogen-bond donors (Lipinski definition) is 0. The van der Waals surface area contributed by atoms with Crippen LogP contribution in [0.5, 0.6) is 5.75 Å². The van der Waals surface area contributed by atoms with Crippen LogP contribution < -0.4 is 10.4 Å². The van der Waals surface area contributed by atoms with Crippen molar-refractivity contribution in [3.05, 3.63) is 63.7 Å². The number of fused-ring (bicyclic) bond motifs is 6. The fraction of sp³-hybridized carbons (Fsp3) is 0.292. The molecule has 0 N–H and O–H groups in total. The van der Waals surface area contributed by atoms with Gasteiger partial charge in [-0.3, -0.25) is 0 Å². The first kappa shape index (κ1) is 17.1. The number of benzene rings is 2. The van der Waals surface area contributed by atoms with Crippen LogP contribution in [0.3, 0.4) is 0 Å². The van der Waals surface area contributed by atoms with Gasteiger partial charge >= 0.3 is 5.63 Å². The molecular formula is C24H22O4. The number of rotatable bonds is 1. The zero-order valence-corrected chi connectivity index (χ0v) is 16.5. The van der Waals surface area contributed by atoms with Crippen LogP contribution in [0.15, 0.2) is 50.0 Å². The molecule has 4 aromatic rings. The Morgan fingerprint density at radius 1 is 0.964 bits per heavy atom. The quantitative estimate of drug-likeness (QED) is 0.388. The van der Waals surface area contributed by atoms with E-state index in [0.29, 0.717) is 5.58 Å². The van der Waals surface area contributed by atoms with Gasteiger partial charge < -0.3 is 13.6 Å². The van der Waals surface area contributed by atoms with E-state index in [4.69, 9.17) is 13.6 Å². The molecule has 0 aliphatic carbocycles. The molecule has 5 rings (SSSR count). The fourth-order valence-electron chi connectivity index (χ4n) is 4.20. The average Bonchev–Trinajstić information content (AvgIpc) is 2.96. The maximum Gasteiger partial charge on any atom is 0.336 e. The Balaban J connectivity index is 2.02. The number of hydrogen-bond acceptors (Lipinski definition) is 4. The highest BCUT2D eigenvalue weighted by Gasteiger charge is 2.33. The van der Waals surface area contributed by atoms with E-state index in [1.165, 1.54) is 0 Å². The molecule has 1 aliphatic rings. The van der Waals surface area contributed by atoms with E-state index in [0.717, 1.165) is 63.0 Å². The molecule has 0 amide bonds. The van der Waals surface area contributed by atoms with E-state index in [2.05, 4.69) is 20.8 Å². The predicted octanol–water partition coefficient (Wildman–Crippen LogP) is 5.93. The van der Waals surface area contributed by atoms with Crippen molar-refractivity contribution in [1.82, 2.24) is 0 Å². The Bertz CT molecular complexity index is 1290. The van der Waals surface area contributed by atoms with Crippen molar-refractivity contribution in [2.45, 2.75) is 46.1 Å². The zero-order valence-electron chi connectivity index (χ0n) is 16.5. The minimum Gasteiger partial charge on any atom is -0.487 e. The van der Waals surface area contributed by atoms with Crippen molar-refractivity contribution in [1.29, 1.82) is 0 Å². The Morgan fingerprint density at radius 2 is 1.71 bits per heavy atom. The first-order valence-electron chi connectivity index (χ1n) is 9.62. The largest absolute Gasteiger partial charge is 0.487 e. The predicted molar refractivity (Wildman–Crippen MR) is 110 cm³/mol. The van der Waals surface area contributed by atoms with Crippen molar-refractivity contribution in [2.75, 3.05) is 0 Å². The summed E-state index contributed by atoms with van der Waals surface area (Å²) in [4.78, 5) is 12.5. The van der Waals surface area contributed by atoms with E-state index in [1.54, 1.807) is 6.07 Å². The summed E-state index contributed by atoms with van der Waals surface area (Å²) in [7, 11) is 0. The molecule has 3 heterocycles. The first-order valence-corrected chi connectivity index (χ1v) is 9.62. The SMILES string of the molecule is Cc1oc2c(c1C)c1c(c3oc(=O)cc(-c4ccccc4)c32)CCC(C)(C)O1. The summed E-state index contributed by atoms with van der Waals surface area (Å²) >= 11 is 0. The maximum atomic E-state index is 12.5. The van der Waals surface area contributed by atoms with E-state index < -0.39 is 0 Å². The Hall–Kier alpha value is -3.01. The fourth-order valence-corrected chi connectivity index (χ4v) is 4.20. The molecule has 0 spiro atoms. The Kier molecular flexibility index (Phi) is 3.51. The Morgan fingerprint density at radius 3 is 2.46 bits per heavy atom. The molecule has 0 saturated carbocycles. The van der Waals surface area contributed by atoms with Crippen LogP contribution in [0.2, 0.25) is 0 Å². The molecular weight excluding hydrogens is 352 g/mol. The third-order valence-corrected chi connectivity index (χ3v) is 5.79. The molecule has 28 heavy (non-hydrogen) atoms. The number of furan rings is 1. The monoisotopic (exact) mass is 374 g/mol. The van der Waals surface area contributed by atoms with Crippen LogP contribution in [0.1, 0.15) is 37.2 Å². The first-order chi connectivity index (χ1) is 13.4. The van der Waals surface area contributed by atoms with Gasteiger partial charge in [0.05, 0.1) is 10.8 Å². The van der Waals surface area contributed by atoms with Gasteiger partial charge in [0.15, 0.2) is 0 Å². The summed E-state index contributed by atoms with van der Waals surface area (Å²) in [6.07, 6.45) is 1.65. The normalized spacial score (nSPS) is 15.6. The minimum absolute atomic E-state index is 0.275. The van der Waals surface area contributed by atoms with Crippen molar-refractivity contribution < 1.29 is 13.6 Å². The van der Waals surface area contributed by atoms with Gasteiger partial charge in [-0.15, -0.1) is 0 Å². The van der Waals surface area contributed by atoms with E-state index in [9.17, 15) is 4.79 Å². The number of aryl methyl sites for hydroxylation is 3. The molecule has 1 aliphatic heterocycles. The van der Waals surface area contributed by atoms with E-state index in [-0.39, 0.29) is 11.2 Å². The molecule has 0 atom stereocenters. The topological polar surface area (TPSA) is 52.6 Å². The highest BCUT2D eigenvalue weighted by molar-refractivity contribution is 6.14. The van der Waals surface area contributed by atoms with Crippen molar-refractivity contribution in [2.24, 2.45) is 0 Å². The zero-order chi connectivity index (χ0) is 19.6. The van der Waals surface area contributed by atoms with Gasteiger partial charge in [0, 0.05) is 22.8 Å². The van der Waals surface area contributed by atoms with Gasteiger partial charge in [0.2, 0.25) is 0 Å². The van der Waals surface area contributed by atoms with Crippen LogP contribution in [-0.2, 0) is 6.42 Å². The lowest BCUT2D eigenvalue weighted by molar-refractivity contribution is 0.0870. The molecule has 4 heteroatoms. The lowest BCUT2D eigenvalue weighted by Gasteiger charge is -2.33. The summed E-state index contributed by atoms with van der Waals surface area (Å²) in [6.45, 7) is 8.19. The van der Waals surface area contributed by atoms with E-state index in [1.807, 2.05) is 37.3 Å². The van der Waals surface area contributed by atoms with Gasteiger partial charge in [0.1, 0.15) is 28.3 Å². The summed E-state index contributed by atoms with van der Waals surface area (Å²) < 4.78 is 18.4. The van der Waals surface area contributed by atoms with Gasteiger partial charge in [-0.2, -0.15) is 0 Å². The lowest BCUT2D eigenvalue weighted by atomic mass is 9.89. The second-order valence-electron chi connectivity index (χ2n) is 8.21. The smallest absolute Gasteiger partial charge is 0.336 e. The average molecular weight is 374 g/mol. The summed E-state index contributed by atoms with van der Waals surface area (Å²) in [5, 5.41) is 1.83. The second-order valence-corrected chi connectivity index (χ2v) is 8.21. The highest BCUT2D eigenvalue weighted by Crippen LogP contribution is 2.48. The van der Waals surface area contributed by atoms with Crippen LogP contribution in [0.25, 0.3) is 33.1 Å². The third-order valence-electron chi connectivity index (χ3n) is 5.79. The summed E-state index contributed by atoms with van der Waals surface area (Å²) in [6, 6.07) is 11.5. The summed E-state index contributed by atoms with van der Waals surface area (Å²) in [5.41, 5.74) is 4.49. The van der Waals surface area contributed by atoms with Gasteiger partial charge in [0.25, 0.3) is 0 Å². The maximum absolute atomic E-state index is 12.5. The van der Waals surface area contributed by atoms with Crippen molar-refractivity contribution in [3.63, 3.8) is 0 Å². The Labute approximate surface area is 162 Å². The molecule has 142 valence electrons. The second kappa shape index (κ2) is 5.74. The number of ether oxygens (including phenoxy) is 1. The highest BCUT2D eigenvalue weighted by atomic mass is 16.5. The van der Waals surface area contributed by atoms with Crippen molar-refractivity contribution in [3.8, 4) is 16.9 Å². The van der Waals surface area contributed by atoms with Crippen LogP contribution >= 0.6 is 0 Å². The van der Waals surface area contributed by atoms with Crippen LogP contribution in [0, 0.1) is 13.8 Å². The molecule has 0 radical (unpaired) electrons. The minimum atomic E-state index is -0.363. The summed E-state index contributed by atoms with van der Waals surface area (Å²) in [5.74, 6) is 1.64. The standard InChI is InChI=1S/C24H22O4/c1-13-14(2)26-23-19(13)22-16(10-11-24(3,4)28-22)21-20(23)17(12-18(25)27-21)15-8-6-5-7-9-15/h5-9,12H,10-11H2,1-4H3. The van der Waals surface area contributed by atoms with Crippen LogP contribution in [0.4, 0.5) is 0 Å². The van der Waals surface area contributed by atoms with Crippen molar-refractivity contribution >= 4 is 21.9 Å². The van der Waals surface area contributed by atoms with Gasteiger partial charge in [-0.25, -0.2) is 4.79 Å². The molecule has 0 bridgehead atoms. The lowest BCUT2D eigenvalue weighted by Crippen LogP contribution is -2.32.